The van der Waals surface area contributed by atoms with Crippen LogP contribution in [0, 0.1) is 13.8 Å². The minimum Gasteiger partial charge on any atom is -0.479 e. The minimum atomic E-state index is -3.59. The van der Waals surface area contributed by atoms with Crippen LogP contribution in [0.5, 0.6) is 0 Å². The van der Waals surface area contributed by atoms with Crippen molar-refractivity contribution < 1.29 is 23.1 Å². The topological polar surface area (TPSA) is 83.9 Å². The highest BCUT2D eigenvalue weighted by Crippen LogP contribution is 2.28. The first-order valence-corrected chi connectivity index (χ1v) is 9.14. The van der Waals surface area contributed by atoms with Crippen LogP contribution in [0.2, 0.25) is 0 Å². The molecule has 0 aliphatic carbocycles. The Morgan fingerprint density at radius 1 is 1.35 bits per heavy atom. The molecule has 1 saturated heterocycles. The van der Waals surface area contributed by atoms with Crippen LogP contribution in [0.4, 0.5) is 0 Å². The summed E-state index contributed by atoms with van der Waals surface area (Å²) in [6.45, 7) is 4.09. The maximum absolute atomic E-state index is 12.7. The van der Waals surface area contributed by atoms with Crippen molar-refractivity contribution in [1.82, 2.24) is 4.31 Å². The fourth-order valence-corrected chi connectivity index (χ4v) is 4.44. The smallest absolute Gasteiger partial charge is 0.337 e. The standard InChI is InChI=1S/C16H23NO5S/c1-12-5-6-14(9-13(12)2)10-23(20,21)17-8-4-7-16(11-17,22-3)15(18)19/h5-6,9H,4,7-8,10-11H2,1-3H3,(H,18,19). The number of carboxylic acids is 1. The third kappa shape index (κ3) is 3.73. The van der Waals surface area contributed by atoms with Crippen LogP contribution < -0.4 is 0 Å². The molecule has 0 amide bonds. The first kappa shape index (κ1) is 17.9. The summed E-state index contributed by atoms with van der Waals surface area (Å²) in [6, 6.07) is 5.55. The summed E-state index contributed by atoms with van der Waals surface area (Å²) in [7, 11) is -2.28. The Hall–Kier alpha value is -1.44. The second-order valence-corrected chi connectivity index (χ2v) is 8.08. The number of methoxy groups -OCH3 is 1. The van der Waals surface area contributed by atoms with Gasteiger partial charge in [-0.2, -0.15) is 4.31 Å². The molecule has 1 aromatic rings. The molecule has 0 saturated carbocycles. The van der Waals surface area contributed by atoms with Gasteiger partial charge in [0.25, 0.3) is 0 Å². The van der Waals surface area contributed by atoms with Crippen LogP contribution in [0.15, 0.2) is 18.2 Å². The molecule has 1 aliphatic heterocycles. The summed E-state index contributed by atoms with van der Waals surface area (Å²) < 4.78 is 31.7. The van der Waals surface area contributed by atoms with Gasteiger partial charge in [0, 0.05) is 13.7 Å². The molecule has 1 aromatic carbocycles. The van der Waals surface area contributed by atoms with Crippen molar-refractivity contribution in [3.8, 4) is 0 Å². The monoisotopic (exact) mass is 341 g/mol. The van der Waals surface area contributed by atoms with Crippen molar-refractivity contribution in [3.05, 3.63) is 34.9 Å². The van der Waals surface area contributed by atoms with Crippen molar-refractivity contribution in [3.63, 3.8) is 0 Å². The molecule has 2 rings (SSSR count). The number of carbonyl (C=O) groups is 1. The van der Waals surface area contributed by atoms with E-state index in [9.17, 15) is 18.3 Å². The van der Waals surface area contributed by atoms with Crippen molar-refractivity contribution >= 4 is 16.0 Å². The number of rotatable bonds is 5. The average molecular weight is 341 g/mol. The number of sulfonamides is 1. The third-order valence-corrected chi connectivity index (χ3v) is 6.31. The van der Waals surface area contributed by atoms with Gasteiger partial charge >= 0.3 is 5.97 Å². The fourth-order valence-electron chi connectivity index (χ4n) is 2.85. The predicted octanol–water partition coefficient (Wildman–Crippen LogP) is 1.70. The second kappa shape index (κ2) is 6.59. The highest BCUT2D eigenvalue weighted by atomic mass is 32.2. The van der Waals surface area contributed by atoms with Crippen LogP contribution in [0.3, 0.4) is 0 Å². The summed E-state index contributed by atoms with van der Waals surface area (Å²) in [5.41, 5.74) is 1.40. The molecular formula is C16H23NO5S. The third-order valence-electron chi connectivity index (χ3n) is 4.51. The van der Waals surface area contributed by atoms with Gasteiger partial charge in [0.15, 0.2) is 5.60 Å². The fraction of sp³-hybridized carbons (Fsp3) is 0.562. The Bertz CT molecular complexity index is 700. The Kier molecular flexibility index (Phi) is 5.13. The number of hydrogen-bond donors (Lipinski definition) is 1. The van der Waals surface area contributed by atoms with Crippen molar-refractivity contribution in [1.29, 1.82) is 0 Å². The van der Waals surface area contributed by atoms with E-state index < -0.39 is 21.6 Å². The number of benzene rings is 1. The molecule has 6 nitrogen and oxygen atoms in total. The Morgan fingerprint density at radius 3 is 2.61 bits per heavy atom. The van der Waals surface area contributed by atoms with Gasteiger partial charge in [-0.05, 0) is 43.4 Å². The van der Waals surface area contributed by atoms with Crippen LogP contribution in [0.25, 0.3) is 0 Å². The molecule has 1 fully saturated rings. The van der Waals surface area contributed by atoms with Gasteiger partial charge in [-0.1, -0.05) is 18.2 Å². The molecule has 1 unspecified atom stereocenters. The van der Waals surface area contributed by atoms with Gasteiger partial charge < -0.3 is 9.84 Å². The molecule has 1 N–H and O–H groups in total. The van der Waals surface area contributed by atoms with E-state index >= 15 is 0 Å². The predicted molar refractivity (Wildman–Crippen MR) is 86.7 cm³/mol. The van der Waals surface area contributed by atoms with E-state index in [1.165, 1.54) is 11.4 Å². The van der Waals surface area contributed by atoms with Crippen LogP contribution >= 0.6 is 0 Å². The quantitative estimate of drug-likeness (QED) is 0.881. The number of ether oxygens (including phenoxy) is 1. The highest BCUT2D eigenvalue weighted by Gasteiger charge is 2.45. The lowest BCUT2D eigenvalue weighted by molar-refractivity contribution is -0.166. The first-order valence-electron chi connectivity index (χ1n) is 7.53. The molecule has 0 aromatic heterocycles. The van der Waals surface area contributed by atoms with E-state index in [0.29, 0.717) is 24.9 Å². The zero-order valence-corrected chi connectivity index (χ0v) is 14.5. The average Bonchev–Trinajstić information content (AvgIpc) is 2.50. The highest BCUT2D eigenvalue weighted by molar-refractivity contribution is 7.88. The maximum Gasteiger partial charge on any atom is 0.337 e. The molecule has 7 heteroatoms. The molecule has 0 bridgehead atoms. The number of piperidine rings is 1. The summed E-state index contributed by atoms with van der Waals surface area (Å²) in [5, 5.41) is 9.38. The number of carboxylic acid groups (broad SMARTS) is 1. The molecule has 0 radical (unpaired) electrons. The lowest BCUT2D eigenvalue weighted by Gasteiger charge is -2.38. The number of aryl methyl sites for hydroxylation is 2. The summed E-state index contributed by atoms with van der Waals surface area (Å²) in [6.07, 6.45) is 0.779. The summed E-state index contributed by atoms with van der Waals surface area (Å²) in [5.74, 6) is -1.25. The van der Waals surface area contributed by atoms with Gasteiger partial charge in [0.2, 0.25) is 10.0 Å². The minimum absolute atomic E-state index is 0.131. The lowest BCUT2D eigenvalue weighted by Crippen LogP contribution is -2.55. The van der Waals surface area contributed by atoms with E-state index in [0.717, 1.165) is 11.1 Å². The maximum atomic E-state index is 12.7. The van der Waals surface area contributed by atoms with Gasteiger partial charge in [-0.15, -0.1) is 0 Å². The van der Waals surface area contributed by atoms with E-state index in [-0.39, 0.29) is 12.3 Å². The molecular weight excluding hydrogens is 318 g/mol. The number of aliphatic carboxylic acids is 1. The van der Waals surface area contributed by atoms with Gasteiger partial charge in [-0.25, -0.2) is 13.2 Å². The Morgan fingerprint density at radius 2 is 2.04 bits per heavy atom. The summed E-state index contributed by atoms with van der Waals surface area (Å²) >= 11 is 0. The zero-order valence-electron chi connectivity index (χ0n) is 13.7. The van der Waals surface area contributed by atoms with E-state index in [2.05, 4.69) is 0 Å². The SMILES string of the molecule is COC1(C(=O)O)CCCN(S(=O)(=O)Cc2ccc(C)c(C)c2)C1. The van der Waals surface area contributed by atoms with E-state index in [1.807, 2.05) is 26.0 Å². The van der Waals surface area contributed by atoms with Crippen molar-refractivity contribution in [2.24, 2.45) is 0 Å². The van der Waals surface area contributed by atoms with Gasteiger partial charge in [-0.3, -0.25) is 0 Å². The van der Waals surface area contributed by atoms with Gasteiger partial charge in [0.05, 0.1) is 12.3 Å². The Balaban J connectivity index is 2.21. The van der Waals surface area contributed by atoms with E-state index in [1.54, 1.807) is 6.07 Å². The molecule has 128 valence electrons. The van der Waals surface area contributed by atoms with Gasteiger partial charge in [0.1, 0.15) is 0 Å². The number of hydrogen-bond acceptors (Lipinski definition) is 4. The largest absolute Gasteiger partial charge is 0.479 e. The molecule has 1 atom stereocenters. The Labute approximate surface area is 137 Å². The van der Waals surface area contributed by atoms with Crippen LogP contribution in [0.1, 0.15) is 29.5 Å². The molecule has 1 heterocycles. The zero-order chi connectivity index (χ0) is 17.3. The molecule has 1 aliphatic rings. The summed E-state index contributed by atoms with van der Waals surface area (Å²) in [4.78, 5) is 11.5. The van der Waals surface area contributed by atoms with E-state index in [4.69, 9.17) is 4.74 Å². The number of nitrogens with zero attached hydrogens (tertiary/aromatic N) is 1. The lowest BCUT2D eigenvalue weighted by atomic mass is 9.94. The second-order valence-electron chi connectivity index (χ2n) is 6.12. The molecule has 0 spiro atoms. The normalized spacial score (nSPS) is 22.9. The van der Waals surface area contributed by atoms with Crippen LogP contribution in [-0.4, -0.2) is 49.6 Å². The van der Waals surface area contributed by atoms with Crippen LogP contribution in [-0.2, 0) is 25.3 Å². The van der Waals surface area contributed by atoms with Crippen molar-refractivity contribution in [2.45, 2.75) is 38.0 Å². The molecule has 23 heavy (non-hydrogen) atoms. The first-order chi connectivity index (χ1) is 10.7. The van der Waals surface area contributed by atoms with Crippen molar-refractivity contribution in [2.75, 3.05) is 20.2 Å².